The number of carboxylic acid groups (broad SMARTS) is 1. The molecule has 0 bridgehead atoms. The lowest BCUT2D eigenvalue weighted by Crippen LogP contribution is -2.36. The van der Waals surface area contributed by atoms with Crippen LogP contribution in [0.1, 0.15) is 27.4 Å². The largest absolute Gasteiger partial charge is 0.476 e. The molecule has 1 N–H and O–H groups in total. The topological polar surface area (TPSA) is 99.5 Å². The van der Waals surface area contributed by atoms with Gasteiger partial charge >= 0.3 is 5.97 Å². The second kappa shape index (κ2) is 7.69. The van der Waals surface area contributed by atoms with Gasteiger partial charge in [0.05, 0.1) is 10.2 Å². The van der Waals surface area contributed by atoms with Crippen molar-refractivity contribution in [3.05, 3.63) is 47.0 Å². The number of benzene rings is 1. The molecule has 1 saturated heterocycles. The Morgan fingerprint density at radius 3 is 2.64 bits per heavy atom. The molecule has 1 fully saturated rings. The van der Waals surface area contributed by atoms with Crippen LogP contribution >= 0.6 is 22.9 Å². The fourth-order valence-corrected chi connectivity index (χ4v) is 4.43. The van der Waals surface area contributed by atoms with E-state index in [9.17, 15) is 14.7 Å². The van der Waals surface area contributed by atoms with Crippen molar-refractivity contribution in [2.45, 2.75) is 6.42 Å². The van der Waals surface area contributed by atoms with Crippen LogP contribution in [-0.4, -0.2) is 63.0 Å². The number of nitrogens with zero attached hydrogens (tertiary/aromatic N) is 5. The first kappa shape index (κ1) is 18.6. The zero-order chi connectivity index (χ0) is 19.7. The van der Waals surface area contributed by atoms with Gasteiger partial charge in [0, 0.05) is 43.6 Å². The normalized spacial score (nSPS) is 14.9. The molecule has 0 saturated carbocycles. The summed E-state index contributed by atoms with van der Waals surface area (Å²) < 4.78 is 1.02. The number of aromatic nitrogens is 3. The smallest absolute Gasteiger partial charge is 0.356 e. The number of aromatic carboxylic acids is 1. The number of anilines is 1. The Morgan fingerprint density at radius 2 is 1.86 bits per heavy atom. The zero-order valence-corrected chi connectivity index (χ0v) is 16.3. The fourth-order valence-electron chi connectivity index (χ4n) is 3.13. The number of rotatable bonds is 3. The van der Waals surface area contributed by atoms with E-state index in [-0.39, 0.29) is 11.4 Å². The van der Waals surface area contributed by atoms with Crippen LogP contribution in [0.2, 0.25) is 5.02 Å². The third-order valence-electron chi connectivity index (χ3n) is 4.50. The van der Waals surface area contributed by atoms with Crippen LogP contribution in [0, 0.1) is 0 Å². The number of carbonyl (C=O) groups is 2. The molecule has 0 aliphatic carbocycles. The van der Waals surface area contributed by atoms with Gasteiger partial charge in [0.1, 0.15) is 0 Å². The molecule has 0 spiro atoms. The molecular formula is C18H16ClN5O3S. The predicted molar refractivity (Wildman–Crippen MR) is 106 cm³/mol. The van der Waals surface area contributed by atoms with E-state index in [0.29, 0.717) is 24.7 Å². The summed E-state index contributed by atoms with van der Waals surface area (Å²) >= 11 is 7.62. The summed E-state index contributed by atoms with van der Waals surface area (Å²) in [7, 11) is 0. The van der Waals surface area contributed by atoms with Crippen molar-refractivity contribution < 1.29 is 14.7 Å². The van der Waals surface area contributed by atoms with E-state index in [2.05, 4.69) is 19.9 Å². The minimum atomic E-state index is -1.26. The summed E-state index contributed by atoms with van der Waals surface area (Å²) in [6.45, 7) is 2.32. The Morgan fingerprint density at radius 1 is 1.07 bits per heavy atom. The molecule has 8 nitrogen and oxygen atoms in total. The van der Waals surface area contributed by atoms with Gasteiger partial charge in [-0.05, 0) is 24.6 Å². The van der Waals surface area contributed by atoms with E-state index >= 15 is 0 Å². The molecule has 0 radical (unpaired) electrons. The molecule has 28 heavy (non-hydrogen) atoms. The first-order valence-electron chi connectivity index (χ1n) is 8.67. The molecule has 3 aromatic rings. The van der Waals surface area contributed by atoms with Gasteiger partial charge in [0.2, 0.25) is 0 Å². The van der Waals surface area contributed by atoms with E-state index < -0.39 is 11.9 Å². The Hall–Kier alpha value is -2.78. The van der Waals surface area contributed by atoms with Crippen LogP contribution < -0.4 is 4.90 Å². The molecule has 4 rings (SSSR count). The summed E-state index contributed by atoms with van der Waals surface area (Å²) in [5.74, 6) is -1.68. The fraction of sp³-hybridized carbons (Fsp3) is 0.278. The molecular weight excluding hydrogens is 402 g/mol. The van der Waals surface area contributed by atoms with Crippen molar-refractivity contribution in [2.75, 3.05) is 31.1 Å². The number of hydrogen-bond acceptors (Lipinski definition) is 7. The van der Waals surface area contributed by atoms with Gasteiger partial charge in [0.15, 0.2) is 16.5 Å². The molecule has 144 valence electrons. The zero-order valence-electron chi connectivity index (χ0n) is 14.7. The number of amides is 1. The summed E-state index contributed by atoms with van der Waals surface area (Å²) in [4.78, 5) is 40.3. The van der Waals surface area contributed by atoms with Gasteiger partial charge in [-0.3, -0.25) is 4.79 Å². The number of halogens is 1. The summed E-state index contributed by atoms with van der Waals surface area (Å²) in [6, 6.07) is 5.61. The van der Waals surface area contributed by atoms with E-state index in [1.54, 1.807) is 16.2 Å². The Balaban J connectivity index is 1.52. The van der Waals surface area contributed by atoms with E-state index in [4.69, 9.17) is 11.6 Å². The van der Waals surface area contributed by atoms with Crippen molar-refractivity contribution in [2.24, 2.45) is 0 Å². The van der Waals surface area contributed by atoms with Crippen LogP contribution in [0.25, 0.3) is 10.2 Å². The molecule has 1 aliphatic heterocycles. The van der Waals surface area contributed by atoms with Crippen LogP contribution in [0.15, 0.2) is 30.6 Å². The number of hydrogen-bond donors (Lipinski definition) is 1. The van der Waals surface area contributed by atoms with Crippen LogP contribution in [0.4, 0.5) is 5.13 Å². The molecule has 10 heteroatoms. The number of fused-ring (bicyclic) bond motifs is 1. The lowest BCUT2D eigenvalue weighted by atomic mass is 10.2. The highest BCUT2D eigenvalue weighted by atomic mass is 35.5. The maximum atomic E-state index is 12.8. The van der Waals surface area contributed by atoms with Crippen molar-refractivity contribution in [1.29, 1.82) is 0 Å². The van der Waals surface area contributed by atoms with Crippen molar-refractivity contribution in [3.63, 3.8) is 0 Å². The van der Waals surface area contributed by atoms with Crippen LogP contribution in [0.3, 0.4) is 0 Å². The second-order valence-corrected chi connectivity index (χ2v) is 7.75. The lowest BCUT2D eigenvalue weighted by Gasteiger charge is -2.21. The molecule has 3 heterocycles. The number of carbonyl (C=O) groups excluding carboxylic acids is 1. The Labute approximate surface area is 169 Å². The van der Waals surface area contributed by atoms with Gasteiger partial charge in [-0.15, -0.1) is 0 Å². The van der Waals surface area contributed by atoms with Gasteiger partial charge < -0.3 is 14.9 Å². The summed E-state index contributed by atoms with van der Waals surface area (Å²) in [5.41, 5.74) is 0.446. The first-order valence-corrected chi connectivity index (χ1v) is 9.87. The minimum absolute atomic E-state index is 0.127. The van der Waals surface area contributed by atoms with Crippen LogP contribution in [0.5, 0.6) is 0 Å². The van der Waals surface area contributed by atoms with Crippen molar-refractivity contribution in [3.8, 4) is 0 Å². The summed E-state index contributed by atoms with van der Waals surface area (Å²) in [6.07, 6.45) is 3.34. The van der Waals surface area contributed by atoms with E-state index in [1.807, 2.05) is 18.2 Å². The monoisotopic (exact) mass is 417 g/mol. The highest BCUT2D eigenvalue weighted by molar-refractivity contribution is 7.22. The van der Waals surface area contributed by atoms with Gasteiger partial charge in [-0.2, -0.15) is 0 Å². The minimum Gasteiger partial charge on any atom is -0.476 e. The number of thiazole rings is 1. The third-order valence-corrected chi connectivity index (χ3v) is 5.81. The molecule has 2 aromatic heterocycles. The molecule has 1 aromatic carbocycles. The predicted octanol–water partition coefficient (Wildman–Crippen LogP) is 2.79. The molecule has 0 atom stereocenters. The maximum absolute atomic E-state index is 12.8. The van der Waals surface area contributed by atoms with Gasteiger partial charge in [-0.25, -0.2) is 19.7 Å². The van der Waals surface area contributed by atoms with Crippen molar-refractivity contribution in [1.82, 2.24) is 19.9 Å². The summed E-state index contributed by atoms with van der Waals surface area (Å²) in [5, 5.41) is 10.8. The maximum Gasteiger partial charge on any atom is 0.356 e. The Kier molecular flexibility index (Phi) is 5.10. The number of carboxylic acids is 1. The molecule has 1 amide bonds. The van der Waals surface area contributed by atoms with E-state index in [0.717, 1.165) is 28.3 Å². The van der Waals surface area contributed by atoms with E-state index in [1.165, 1.54) is 12.4 Å². The standard InChI is InChI=1S/C18H16ClN5O3S/c19-11-2-3-12-13(10-11)28-18(22-12)24-7-1-6-23(8-9-24)16(25)14-15(17(26)27)21-5-4-20-14/h2-5,10H,1,6-9H2,(H,26,27). The van der Waals surface area contributed by atoms with Gasteiger partial charge in [-0.1, -0.05) is 22.9 Å². The lowest BCUT2D eigenvalue weighted by molar-refractivity contribution is 0.0667. The SMILES string of the molecule is O=C(O)c1nccnc1C(=O)N1CCCN(c2nc3ccc(Cl)cc3s2)CC1. The van der Waals surface area contributed by atoms with Crippen molar-refractivity contribution >= 4 is 50.2 Å². The highest BCUT2D eigenvalue weighted by Gasteiger charge is 2.27. The average molecular weight is 418 g/mol. The second-order valence-electron chi connectivity index (χ2n) is 6.30. The average Bonchev–Trinajstić information content (AvgIpc) is 2.95. The quantitative estimate of drug-likeness (QED) is 0.699. The van der Waals surface area contributed by atoms with Gasteiger partial charge in [0.25, 0.3) is 5.91 Å². The molecule has 1 aliphatic rings. The van der Waals surface area contributed by atoms with Crippen LogP contribution in [-0.2, 0) is 0 Å². The Bertz CT molecular complexity index is 1060. The third kappa shape index (κ3) is 3.63. The first-order chi connectivity index (χ1) is 13.5. The highest BCUT2D eigenvalue weighted by Crippen LogP contribution is 2.31. The molecule has 0 unspecified atom stereocenters.